The molecule has 0 spiro atoms. The SMILES string of the molecule is c1cc2c3ccc4cocc4c3c3cocc3c2o1. The Morgan fingerprint density at radius 2 is 1.47 bits per heavy atom. The summed E-state index contributed by atoms with van der Waals surface area (Å²) in [4.78, 5) is 0. The molecule has 0 saturated carbocycles. The molecule has 0 bridgehead atoms. The average molecular weight is 248 g/mol. The summed E-state index contributed by atoms with van der Waals surface area (Å²) >= 11 is 0. The lowest BCUT2D eigenvalue weighted by molar-refractivity contribution is 0.571. The van der Waals surface area contributed by atoms with Crippen LogP contribution in [0.2, 0.25) is 0 Å². The topological polar surface area (TPSA) is 39.4 Å². The predicted octanol–water partition coefficient (Wildman–Crippen LogP) is 5.08. The summed E-state index contributed by atoms with van der Waals surface area (Å²) in [6, 6.07) is 6.17. The standard InChI is InChI=1S/C16H8O3/c1-2-10-11-3-4-19-16(11)14-8-18-7-13(14)15(10)12-6-17-5-9(1)12/h1-8H. The van der Waals surface area contributed by atoms with E-state index in [-0.39, 0.29) is 0 Å². The Balaban J connectivity index is 2.30. The fourth-order valence-electron chi connectivity index (χ4n) is 2.95. The van der Waals surface area contributed by atoms with Crippen molar-refractivity contribution in [3.63, 3.8) is 0 Å². The summed E-state index contributed by atoms with van der Waals surface area (Å²) in [5.41, 5.74) is 0.874. The number of hydrogen-bond donors (Lipinski definition) is 0. The van der Waals surface area contributed by atoms with E-state index in [0.717, 1.165) is 43.3 Å². The minimum Gasteiger partial charge on any atom is -0.471 e. The first-order chi connectivity index (χ1) is 9.43. The number of furan rings is 3. The minimum absolute atomic E-state index is 0.874. The summed E-state index contributed by atoms with van der Waals surface area (Å²) in [5, 5.41) is 7.68. The smallest absolute Gasteiger partial charge is 0.145 e. The molecule has 0 radical (unpaired) electrons. The monoisotopic (exact) mass is 248 g/mol. The second-order valence-corrected chi connectivity index (χ2v) is 4.73. The molecule has 5 rings (SSSR count). The Labute approximate surface area is 107 Å². The molecule has 0 fully saturated rings. The third-order valence-electron chi connectivity index (χ3n) is 3.79. The highest BCUT2D eigenvalue weighted by molar-refractivity contribution is 6.29. The zero-order chi connectivity index (χ0) is 12.4. The molecule has 90 valence electrons. The van der Waals surface area contributed by atoms with Gasteiger partial charge in [0, 0.05) is 26.9 Å². The van der Waals surface area contributed by atoms with Gasteiger partial charge in [-0.3, -0.25) is 0 Å². The second-order valence-electron chi connectivity index (χ2n) is 4.73. The second kappa shape index (κ2) is 3.01. The molecule has 0 aliphatic carbocycles. The zero-order valence-electron chi connectivity index (χ0n) is 9.84. The normalized spacial score (nSPS) is 12.2. The zero-order valence-corrected chi connectivity index (χ0v) is 9.84. The Bertz CT molecular complexity index is 1060. The molecule has 19 heavy (non-hydrogen) atoms. The molecule has 0 aliphatic heterocycles. The summed E-state index contributed by atoms with van der Waals surface area (Å²) in [6.45, 7) is 0. The van der Waals surface area contributed by atoms with Crippen LogP contribution in [-0.4, -0.2) is 0 Å². The lowest BCUT2D eigenvalue weighted by Gasteiger charge is -2.02. The van der Waals surface area contributed by atoms with Gasteiger partial charge in [-0.15, -0.1) is 0 Å². The van der Waals surface area contributed by atoms with Gasteiger partial charge in [-0.1, -0.05) is 12.1 Å². The van der Waals surface area contributed by atoms with Crippen molar-refractivity contribution in [2.45, 2.75) is 0 Å². The van der Waals surface area contributed by atoms with Crippen LogP contribution in [0.4, 0.5) is 0 Å². The lowest BCUT2D eigenvalue weighted by atomic mass is 9.98. The summed E-state index contributed by atoms with van der Waals surface area (Å²) < 4.78 is 16.3. The molecule has 3 aromatic heterocycles. The van der Waals surface area contributed by atoms with Gasteiger partial charge >= 0.3 is 0 Å². The van der Waals surface area contributed by atoms with Crippen LogP contribution < -0.4 is 0 Å². The molecule has 2 aromatic carbocycles. The van der Waals surface area contributed by atoms with Crippen molar-refractivity contribution >= 4 is 43.3 Å². The first-order valence-electron chi connectivity index (χ1n) is 6.07. The van der Waals surface area contributed by atoms with E-state index in [4.69, 9.17) is 13.3 Å². The molecule has 3 nitrogen and oxygen atoms in total. The number of hydrogen-bond acceptors (Lipinski definition) is 3. The fourth-order valence-corrected chi connectivity index (χ4v) is 2.95. The number of benzene rings is 2. The third-order valence-corrected chi connectivity index (χ3v) is 3.79. The van der Waals surface area contributed by atoms with E-state index >= 15 is 0 Å². The van der Waals surface area contributed by atoms with Crippen LogP contribution in [0.1, 0.15) is 0 Å². The first-order valence-corrected chi connectivity index (χ1v) is 6.07. The van der Waals surface area contributed by atoms with E-state index in [0.29, 0.717) is 0 Å². The van der Waals surface area contributed by atoms with E-state index in [2.05, 4.69) is 12.1 Å². The van der Waals surface area contributed by atoms with Crippen LogP contribution in [0, 0.1) is 0 Å². The predicted molar refractivity (Wildman–Crippen MR) is 73.3 cm³/mol. The van der Waals surface area contributed by atoms with Crippen LogP contribution in [-0.2, 0) is 0 Å². The molecular weight excluding hydrogens is 240 g/mol. The first kappa shape index (κ1) is 9.28. The fraction of sp³-hybridized carbons (Fsp3) is 0. The van der Waals surface area contributed by atoms with Gasteiger partial charge in [0.05, 0.1) is 30.4 Å². The maximum absolute atomic E-state index is 5.61. The maximum atomic E-state index is 5.61. The van der Waals surface area contributed by atoms with Gasteiger partial charge < -0.3 is 13.3 Å². The Morgan fingerprint density at radius 1 is 0.632 bits per heavy atom. The Morgan fingerprint density at radius 3 is 2.47 bits per heavy atom. The van der Waals surface area contributed by atoms with Gasteiger partial charge in [-0.25, -0.2) is 0 Å². The molecule has 3 heteroatoms. The molecule has 0 saturated heterocycles. The maximum Gasteiger partial charge on any atom is 0.145 e. The van der Waals surface area contributed by atoms with E-state index < -0.39 is 0 Å². The van der Waals surface area contributed by atoms with Crippen LogP contribution >= 0.6 is 0 Å². The average Bonchev–Trinajstić information content (AvgIpc) is 3.17. The van der Waals surface area contributed by atoms with Crippen molar-refractivity contribution in [1.29, 1.82) is 0 Å². The molecule has 5 aromatic rings. The van der Waals surface area contributed by atoms with Gasteiger partial charge in [0.1, 0.15) is 11.8 Å². The molecule has 0 amide bonds. The van der Waals surface area contributed by atoms with Gasteiger partial charge in [0.25, 0.3) is 0 Å². The molecule has 3 heterocycles. The molecular formula is C16H8O3. The van der Waals surface area contributed by atoms with Crippen molar-refractivity contribution < 1.29 is 13.3 Å². The van der Waals surface area contributed by atoms with Gasteiger partial charge in [-0.05, 0) is 11.5 Å². The van der Waals surface area contributed by atoms with Gasteiger partial charge in [0.15, 0.2) is 0 Å². The summed E-state index contributed by atoms with van der Waals surface area (Å²) in [6.07, 6.45) is 8.78. The molecule has 0 unspecified atom stereocenters. The largest absolute Gasteiger partial charge is 0.471 e. The van der Waals surface area contributed by atoms with Crippen LogP contribution in [0.25, 0.3) is 43.3 Å². The van der Waals surface area contributed by atoms with Crippen molar-refractivity contribution in [2.24, 2.45) is 0 Å². The van der Waals surface area contributed by atoms with Crippen molar-refractivity contribution in [2.75, 3.05) is 0 Å². The quantitative estimate of drug-likeness (QED) is 0.383. The van der Waals surface area contributed by atoms with Gasteiger partial charge in [0.2, 0.25) is 0 Å². The molecule has 0 aliphatic rings. The van der Waals surface area contributed by atoms with E-state index in [1.807, 2.05) is 6.07 Å². The molecule has 0 atom stereocenters. The summed E-state index contributed by atoms with van der Waals surface area (Å²) in [5.74, 6) is 0. The highest BCUT2D eigenvalue weighted by Crippen LogP contribution is 2.39. The summed E-state index contributed by atoms with van der Waals surface area (Å²) in [7, 11) is 0. The van der Waals surface area contributed by atoms with Crippen molar-refractivity contribution in [3.8, 4) is 0 Å². The number of fused-ring (bicyclic) bond motifs is 8. The lowest BCUT2D eigenvalue weighted by Crippen LogP contribution is -1.77. The van der Waals surface area contributed by atoms with Crippen molar-refractivity contribution in [1.82, 2.24) is 0 Å². The molecule has 0 N–H and O–H groups in total. The third kappa shape index (κ3) is 0.993. The van der Waals surface area contributed by atoms with Crippen LogP contribution in [0.5, 0.6) is 0 Å². The highest BCUT2D eigenvalue weighted by atomic mass is 16.3. The minimum atomic E-state index is 0.874. The Kier molecular flexibility index (Phi) is 1.47. The Hall–Kier alpha value is -2.68. The van der Waals surface area contributed by atoms with E-state index in [1.54, 1.807) is 31.3 Å². The van der Waals surface area contributed by atoms with Crippen LogP contribution in [0.15, 0.2) is 62.8 Å². The van der Waals surface area contributed by atoms with E-state index in [1.165, 1.54) is 0 Å². The van der Waals surface area contributed by atoms with E-state index in [9.17, 15) is 0 Å². The van der Waals surface area contributed by atoms with Crippen molar-refractivity contribution in [3.05, 3.63) is 49.5 Å². The number of rotatable bonds is 0. The van der Waals surface area contributed by atoms with Gasteiger partial charge in [-0.2, -0.15) is 0 Å². The highest BCUT2D eigenvalue weighted by Gasteiger charge is 2.15. The van der Waals surface area contributed by atoms with Crippen LogP contribution in [0.3, 0.4) is 0 Å².